The Hall–Kier alpha value is -1.42. The number of anilines is 1. The van der Waals surface area contributed by atoms with Gasteiger partial charge in [-0.05, 0) is 0 Å². The van der Waals surface area contributed by atoms with Gasteiger partial charge in [0.15, 0.2) is 0 Å². The van der Waals surface area contributed by atoms with Crippen molar-refractivity contribution in [2.24, 2.45) is 5.92 Å². The molecule has 2 rings (SSSR count). The molecule has 0 radical (unpaired) electrons. The van der Waals surface area contributed by atoms with E-state index in [1.165, 1.54) is 0 Å². The molecule has 11 heteroatoms. The predicted molar refractivity (Wildman–Crippen MR) is 67.1 cm³/mol. The van der Waals surface area contributed by atoms with E-state index in [0.717, 1.165) is 4.90 Å². The van der Waals surface area contributed by atoms with Crippen molar-refractivity contribution < 1.29 is 26.4 Å². The van der Waals surface area contributed by atoms with Gasteiger partial charge in [-0.1, -0.05) is 0 Å². The number of halogens is 4. The standard InChI is InChI=1S/C10H9ClF3N3O3S/c11-21(19,20)4-6-1-9(18)17(3-6)8-2-7(10(12,13)14)15-5-16-8/h2,5-6H,1,3-4H2. The third-order valence-electron chi connectivity index (χ3n) is 2.86. The van der Waals surface area contributed by atoms with Gasteiger partial charge in [0.05, 0.1) is 5.75 Å². The first kappa shape index (κ1) is 16.0. The van der Waals surface area contributed by atoms with E-state index < -0.39 is 38.5 Å². The normalized spacial score (nSPS) is 20.1. The number of aromatic nitrogens is 2. The monoisotopic (exact) mass is 343 g/mol. The fourth-order valence-electron chi connectivity index (χ4n) is 2.05. The maximum atomic E-state index is 12.6. The molecule has 21 heavy (non-hydrogen) atoms. The molecule has 0 aromatic carbocycles. The van der Waals surface area contributed by atoms with Crippen molar-refractivity contribution in [1.82, 2.24) is 9.97 Å². The maximum absolute atomic E-state index is 12.6. The summed E-state index contributed by atoms with van der Waals surface area (Å²) in [6.45, 7) is -0.0565. The number of amides is 1. The van der Waals surface area contributed by atoms with Crippen LogP contribution in [-0.2, 0) is 20.0 Å². The Morgan fingerprint density at radius 1 is 1.38 bits per heavy atom. The summed E-state index contributed by atoms with van der Waals surface area (Å²) in [5, 5.41) is 0. The molecule has 1 aliphatic heterocycles. The van der Waals surface area contributed by atoms with E-state index in [0.29, 0.717) is 12.4 Å². The number of carbonyl (C=O) groups is 1. The predicted octanol–water partition coefficient (Wildman–Crippen LogP) is 1.42. The van der Waals surface area contributed by atoms with Gasteiger partial charge in [-0.2, -0.15) is 13.2 Å². The number of rotatable bonds is 3. The summed E-state index contributed by atoms with van der Waals surface area (Å²) in [6, 6.07) is 0.648. The van der Waals surface area contributed by atoms with Crippen LogP contribution in [0.4, 0.5) is 19.0 Å². The Balaban J connectivity index is 2.21. The third kappa shape index (κ3) is 4.03. The Morgan fingerprint density at radius 3 is 2.62 bits per heavy atom. The second-order valence-corrected chi connectivity index (χ2v) is 7.36. The van der Waals surface area contributed by atoms with Gasteiger partial charge < -0.3 is 0 Å². The molecule has 1 saturated heterocycles. The van der Waals surface area contributed by atoms with Crippen LogP contribution in [0.15, 0.2) is 12.4 Å². The van der Waals surface area contributed by atoms with Crippen LogP contribution in [0.5, 0.6) is 0 Å². The molecule has 1 atom stereocenters. The van der Waals surface area contributed by atoms with Crippen LogP contribution < -0.4 is 4.90 Å². The van der Waals surface area contributed by atoms with Crippen molar-refractivity contribution in [2.45, 2.75) is 12.6 Å². The summed E-state index contributed by atoms with van der Waals surface area (Å²) in [4.78, 5) is 19.5. The molecule has 1 aromatic heterocycles. The highest BCUT2D eigenvalue weighted by atomic mass is 35.7. The lowest BCUT2D eigenvalue weighted by Crippen LogP contribution is -2.27. The van der Waals surface area contributed by atoms with E-state index in [9.17, 15) is 26.4 Å². The molecule has 1 aliphatic rings. The van der Waals surface area contributed by atoms with Gasteiger partial charge in [0.2, 0.25) is 15.0 Å². The summed E-state index contributed by atoms with van der Waals surface area (Å²) < 4.78 is 59.6. The Labute approximate surface area is 122 Å². The summed E-state index contributed by atoms with van der Waals surface area (Å²) >= 11 is 0. The molecule has 0 bridgehead atoms. The zero-order valence-corrected chi connectivity index (χ0v) is 11.9. The van der Waals surface area contributed by atoms with Crippen LogP contribution in [0, 0.1) is 5.92 Å². The van der Waals surface area contributed by atoms with Crippen LogP contribution >= 0.6 is 10.7 Å². The van der Waals surface area contributed by atoms with Crippen LogP contribution in [-0.4, -0.2) is 36.6 Å². The van der Waals surface area contributed by atoms with Crippen LogP contribution in [0.3, 0.4) is 0 Å². The van der Waals surface area contributed by atoms with E-state index in [-0.39, 0.29) is 18.8 Å². The number of alkyl halides is 3. The summed E-state index contributed by atoms with van der Waals surface area (Å²) in [5.41, 5.74) is -1.17. The second kappa shape index (κ2) is 5.41. The molecule has 0 saturated carbocycles. The second-order valence-electron chi connectivity index (χ2n) is 4.54. The molecule has 1 fully saturated rings. The fraction of sp³-hybridized carbons (Fsp3) is 0.500. The smallest absolute Gasteiger partial charge is 0.296 e. The molecule has 6 nitrogen and oxygen atoms in total. The highest BCUT2D eigenvalue weighted by molar-refractivity contribution is 8.13. The average Bonchev–Trinajstić information content (AvgIpc) is 2.67. The van der Waals surface area contributed by atoms with Gasteiger partial charge in [0.1, 0.15) is 17.8 Å². The molecule has 116 valence electrons. The van der Waals surface area contributed by atoms with E-state index in [2.05, 4.69) is 9.97 Å². The van der Waals surface area contributed by atoms with Crippen molar-refractivity contribution in [3.8, 4) is 0 Å². The average molecular weight is 344 g/mol. The SMILES string of the molecule is O=C1CC(CS(=O)(=O)Cl)CN1c1cc(C(F)(F)F)ncn1. The molecule has 1 amide bonds. The van der Waals surface area contributed by atoms with Crippen molar-refractivity contribution in [3.63, 3.8) is 0 Å². The minimum Gasteiger partial charge on any atom is -0.296 e. The molecule has 1 aromatic rings. The van der Waals surface area contributed by atoms with Crippen molar-refractivity contribution in [1.29, 1.82) is 0 Å². The van der Waals surface area contributed by atoms with Crippen molar-refractivity contribution in [2.75, 3.05) is 17.2 Å². The molecular weight excluding hydrogens is 335 g/mol. The van der Waals surface area contributed by atoms with Crippen LogP contribution in [0.25, 0.3) is 0 Å². The third-order valence-corrected chi connectivity index (χ3v) is 4.11. The number of nitrogens with zero attached hydrogens (tertiary/aromatic N) is 3. The van der Waals surface area contributed by atoms with E-state index >= 15 is 0 Å². The summed E-state index contributed by atoms with van der Waals surface area (Å²) in [7, 11) is 1.32. The maximum Gasteiger partial charge on any atom is 0.433 e. The van der Waals surface area contributed by atoms with Gasteiger partial charge >= 0.3 is 6.18 Å². The first-order chi connectivity index (χ1) is 9.56. The molecule has 1 unspecified atom stereocenters. The van der Waals surface area contributed by atoms with Crippen molar-refractivity contribution in [3.05, 3.63) is 18.1 Å². The first-order valence-electron chi connectivity index (χ1n) is 5.68. The number of carbonyl (C=O) groups excluding carboxylic acids is 1. The quantitative estimate of drug-likeness (QED) is 0.775. The topological polar surface area (TPSA) is 80.2 Å². The first-order valence-corrected chi connectivity index (χ1v) is 8.16. The zero-order chi connectivity index (χ0) is 15.8. The van der Waals surface area contributed by atoms with Gasteiger partial charge in [-0.3, -0.25) is 9.69 Å². The van der Waals surface area contributed by atoms with Gasteiger partial charge in [0.25, 0.3) is 0 Å². The van der Waals surface area contributed by atoms with Gasteiger partial charge in [-0.15, -0.1) is 0 Å². The van der Waals surface area contributed by atoms with Gasteiger partial charge in [-0.25, -0.2) is 18.4 Å². The summed E-state index contributed by atoms with van der Waals surface area (Å²) in [5.74, 6) is -1.72. The lowest BCUT2D eigenvalue weighted by atomic mass is 10.1. The lowest BCUT2D eigenvalue weighted by Gasteiger charge is -2.16. The van der Waals surface area contributed by atoms with Crippen LogP contribution in [0.2, 0.25) is 0 Å². The lowest BCUT2D eigenvalue weighted by molar-refractivity contribution is -0.141. The molecule has 0 N–H and O–H groups in total. The minimum absolute atomic E-state index is 0.0565. The highest BCUT2D eigenvalue weighted by Gasteiger charge is 2.37. The Morgan fingerprint density at radius 2 is 2.05 bits per heavy atom. The van der Waals surface area contributed by atoms with Crippen LogP contribution in [0.1, 0.15) is 12.1 Å². The Bertz CT molecular complexity index is 665. The summed E-state index contributed by atoms with van der Waals surface area (Å²) in [6.07, 6.45) is -4.06. The fourth-order valence-corrected chi connectivity index (χ4v) is 3.37. The van der Waals surface area contributed by atoms with Crippen molar-refractivity contribution >= 4 is 31.5 Å². The minimum atomic E-state index is -4.65. The zero-order valence-electron chi connectivity index (χ0n) is 10.3. The number of hydrogen-bond acceptors (Lipinski definition) is 5. The van der Waals surface area contributed by atoms with Gasteiger partial charge in [0, 0.05) is 35.6 Å². The molecule has 0 spiro atoms. The molecule has 0 aliphatic carbocycles. The molecular formula is C10H9ClF3N3O3S. The number of hydrogen-bond donors (Lipinski definition) is 0. The largest absolute Gasteiger partial charge is 0.433 e. The molecule has 2 heterocycles. The highest BCUT2D eigenvalue weighted by Crippen LogP contribution is 2.31. The van der Waals surface area contributed by atoms with E-state index in [1.54, 1.807) is 0 Å². The van der Waals surface area contributed by atoms with E-state index in [1.807, 2.05) is 0 Å². The van der Waals surface area contributed by atoms with E-state index in [4.69, 9.17) is 10.7 Å². The Kier molecular flexibility index (Phi) is 4.11.